The molecule has 170 valence electrons. The zero-order valence-corrected chi connectivity index (χ0v) is 18.9. The lowest BCUT2D eigenvalue weighted by atomic mass is 10.0. The van der Waals surface area contributed by atoms with Crippen molar-refractivity contribution in [3.05, 3.63) is 63.4 Å². The molecule has 32 heavy (non-hydrogen) atoms. The van der Waals surface area contributed by atoms with Gasteiger partial charge in [-0.15, -0.1) is 0 Å². The summed E-state index contributed by atoms with van der Waals surface area (Å²) in [6.45, 7) is 4.44. The van der Waals surface area contributed by atoms with Gasteiger partial charge in [-0.3, -0.25) is 4.79 Å². The molecule has 1 aliphatic heterocycles. The predicted octanol–water partition coefficient (Wildman–Crippen LogP) is 2.49. The molecule has 0 bridgehead atoms. The Kier molecular flexibility index (Phi) is 6.23. The molecule has 2 aromatic carbocycles. The molecule has 9 heteroatoms. The number of fused-ring (bicyclic) bond motifs is 2. The summed E-state index contributed by atoms with van der Waals surface area (Å²) in [7, 11) is -3.96. The summed E-state index contributed by atoms with van der Waals surface area (Å²) in [5, 5.41) is 10.1. The number of sulfonamides is 1. The maximum Gasteiger partial charge on any atom is 0.252 e. The number of hydrogen-bond acceptors (Lipinski definition) is 6. The highest BCUT2D eigenvalue weighted by molar-refractivity contribution is 7.89. The van der Waals surface area contributed by atoms with Crippen LogP contribution < -0.4 is 15.0 Å². The van der Waals surface area contributed by atoms with Crippen molar-refractivity contribution < 1.29 is 23.0 Å². The van der Waals surface area contributed by atoms with Crippen LogP contribution in [0.15, 0.2) is 46.1 Å². The minimum Gasteiger partial charge on any atom is -0.486 e. The highest BCUT2D eigenvalue weighted by Gasteiger charge is 2.27. The van der Waals surface area contributed by atoms with Crippen LogP contribution in [0.5, 0.6) is 11.5 Å². The average molecular weight is 459 g/mol. The van der Waals surface area contributed by atoms with Crippen molar-refractivity contribution in [2.24, 2.45) is 0 Å². The number of nitrogens with zero attached hydrogens (tertiary/aromatic N) is 1. The Morgan fingerprint density at radius 3 is 2.56 bits per heavy atom. The third-order valence-electron chi connectivity index (χ3n) is 5.69. The number of hydrogen-bond donors (Lipinski definition) is 2. The summed E-state index contributed by atoms with van der Waals surface area (Å²) in [6, 6.07) is 10.1. The molecule has 0 aliphatic carbocycles. The number of rotatable bonds is 7. The number of aliphatic hydroxyl groups excluding tert-OH is 1. The minimum absolute atomic E-state index is 0.0448. The van der Waals surface area contributed by atoms with Crippen LogP contribution in [0, 0.1) is 13.8 Å². The summed E-state index contributed by atoms with van der Waals surface area (Å²) in [5.74, 6) is 0.863. The maximum atomic E-state index is 13.4. The molecule has 1 aliphatic rings. The van der Waals surface area contributed by atoms with Crippen molar-refractivity contribution in [3.8, 4) is 11.5 Å². The Morgan fingerprint density at radius 1 is 1.06 bits per heavy atom. The van der Waals surface area contributed by atoms with E-state index in [0.29, 0.717) is 30.3 Å². The first-order valence-electron chi connectivity index (χ1n) is 10.4. The van der Waals surface area contributed by atoms with E-state index >= 15 is 0 Å². The number of aliphatic hydroxyl groups is 1. The van der Waals surface area contributed by atoms with Crippen LogP contribution >= 0.6 is 0 Å². The quantitative estimate of drug-likeness (QED) is 0.563. The van der Waals surface area contributed by atoms with E-state index in [1.165, 1.54) is 16.4 Å². The van der Waals surface area contributed by atoms with E-state index < -0.39 is 10.0 Å². The molecule has 4 rings (SSSR count). The first-order chi connectivity index (χ1) is 15.3. The number of nitrogens with one attached hydrogen (secondary N) is 1. The van der Waals surface area contributed by atoms with Gasteiger partial charge < -0.3 is 19.6 Å². The zero-order chi connectivity index (χ0) is 22.9. The number of aryl methyl sites for hydroxylation is 2. The topological polar surface area (TPSA) is 109 Å². The highest BCUT2D eigenvalue weighted by atomic mass is 32.2. The normalized spacial score (nSPS) is 13.6. The summed E-state index contributed by atoms with van der Waals surface area (Å²) < 4.78 is 39.1. The summed E-state index contributed by atoms with van der Waals surface area (Å²) in [5.41, 5.74) is 2.78. The molecule has 0 unspecified atom stereocenters. The Balaban J connectivity index is 1.72. The monoisotopic (exact) mass is 458 g/mol. The van der Waals surface area contributed by atoms with Gasteiger partial charge in [-0.25, -0.2) is 8.42 Å². The minimum atomic E-state index is -3.96. The van der Waals surface area contributed by atoms with Gasteiger partial charge >= 0.3 is 0 Å². The van der Waals surface area contributed by atoms with Gasteiger partial charge in [0.15, 0.2) is 11.5 Å². The van der Waals surface area contributed by atoms with Crippen LogP contribution in [-0.4, -0.2) is 49.2 Å². The number of benzene rings is 2. The van der Waals surface area contributed by atoms with Crippen molar-refractivity contribution in [1.82, 2.24) is 9.29 Å². The van der Waals surface area contributed by atoms with Crippen molar-refractivity contribution >= 4 is 20.9 Å². The van der Waals surface area contributed by atoms with E-state index in [2.05, 4.69) is 4.98 Å². The second-order valence-electron chi connectivity index (χ2n) is 7.82. The Bertz CT molecular complexity index is 1320. The summed E-state index contributed by atoms with van der Waals surface area (Å²) in [6.07, 6.45) is 0.244. The first-order valence-corrected chi connectivity index (χ1v) is 11.9. The van der Waals surface area contributed by atoms with Gasteiger partial charge in [-0.1, -0.05) is 12.1 Å². The molecular weight excluding hydrogens is 432 g/mol. The largest absolute Gasteiger partial charge is 0.486 e. The molecule has 0 saturated heterocycles. The van der Waals surface area contributed by atoms with Crippen LogP contribution in [0.4, 0.5) is 0 Å². The van der Waals surface area contributed by atoms with E-state index in [1.807, 2.05) is 26.0 Å². The lowest BCUT2D eigenvalue weighted by molar-refractivity contribution is 0.171. The Hall–Kier alpha value is -2.88. The predicted molar refractivity (Wildman–Crippen MR) is 121 cm³/mol. The fourth-order valence-electron chi connectivity index (χ4n) is 3.74. The Morgan fingerprint density at radius 2 is 1.81 bits per heavy atom. The van der Waals surface area contributed by atoms with Gasteiger partial charge in [0.05, 0.1) is 10.4 Å². The lowest BCUT2D eigenvalue weighted by Crippen LogP contribution is -2.34. The lowest BCUT2D eigenvalue weighted by Gasteiger charge is -2.24. The molecule has 0 saturated carbocycles. The zero-order valence-electron chi connectivity index (χ0n) is 18.1. The van der Waals surface area contributed by atoms with E-state index in [-0.39, 0.29) is 36.6 Å². The molecule has 0 radical (unpaired) electrons. The van der Waals surface area contributed by atoms with E-state index in [0.717, 1.165) is 22.0 Å². The van der Waals surface area contributed by atoms with Gasteiger partial charge in [0.1, 0.15) is 13.2 Å². The van der Waals surface area contributed by atoms with E-state index in [9.17, 15) is 18.3 Å². The summed E-state index contributed by atoms with van der Waals surface area (Å²) in [4.78, 5) is 15.7. The van der Waals surface area contributed by atoms with Crippen LogP contribution in [0.3, 0.4) is 0 Å². The molecule has 0 atom stereocenters. The number of ether oxygens (including phenoxy) is 2. The molecule has 2 heterocycles. The molecule has 3 aromatic rings. The van der Waals surface area contributed by atoms with Crippen LogP contribution in [0.1, 0.15) is 23.1 Å². The average Bonchev–Trinajstić information content (AvgIpc) is 2.79. The maximum absolute atomic E-state index is 13.4. The van der Waals surface area contributed by atoms with Crippen molar-refractivity contribution in [2.75, 3.05) is 26.4 Å². The smallest absolute Gasteiger partial charge is 0.252 e. The van der Waals surface area contributed by atoms with Crippen molar-refractivity contribution in [1.29, 1.82) is 0 Å². The van der Waals surface area contributed by atoms with Crippen LogP contribution in [-0.2, 0) is 16.6 Å². The SMILES string of the molecule is Cc1ccc2cc(CN(CCCO)S(=O)(=O)c3ccc4c(c3)OCCO4)c(=O)[nH]c2c1C. The number of H-pyrrole nitrogens is 1. The third-order valence-corrected chi connectivity index (χ3v) is 7.53. The standard InChI is InChI=1S/C23H26N2O6S/c1-15-4-5-17-12-18(23(27)24-22(17)16(15)2)14-25(8-3-9-26)32(28,29)19-6-7-20-21(13-19)31-11-10-30-20/h4-7,12-13,26H,3,8-11,14H2,1-2H3,(H,24,27). The van der Waals surface area contributed by atoms with Gasteiger partial charge in [0.2, 0.25) is 10.0 Å². The number of pyridine rings is 1. The molecule has 2 N–H and O–H groups in total. The first kappa shape index (κ1) is 22.3. The molecule has 8 nitrogen and oxygen atoms in total. The van der Waals surface area contributed by atoms with Crippen molar-refractivity contribution in [2.45, 2.75) is 31.7 Å². The van der Waals surface area contributed by atoms with Crippen LogP contribution in [0.2, 0.25) is 0 Å². The second kappa shape index (κ2) is 8.93. The molecule has 1 aromatic heterocycles. The van der Waals surface area contributed by atoms with Gasteiger partial charge in [0.25, 0.3) is 5.56 Å². The fourth-order valence-corrected chi connectivity index (χ4v) is 5.21. The molecular formula is C23H26N2O6S. The van der Waals surface area contributed by atoms with Gasteiger partial charge in [0, 0.05) is 31.3 Å². The molecule has 0 spiro atoms. The van der Waals surface area contributed by atoms with Crippen molar-refractivity contribution in [3.63, 3.8) is 0 Å². The van der Waals surface area contributed by atoms with Gasteiger partial charge in [-0.05, 0) is 55.0 Å². The highest BCUT2D eigenvalue weighted by Crippen LogP contribution is 2.33. The third kappa shape index (κ3) is 4.23. The fraction of sp³-hybridized carbons (Fsp3) is 0.348. The van der Waals surface area contributed by atoms with Gasteiger partial charge in [-0.2, -0.15) is 4.31 Å². The number of aromatic nitrogens is 1. The second-order valence-corrected chi connectivity index (χ2v) is 9.75. The molecule has 0 fully saturated rings. The molecule has 0 amide bonds. The summed E-state index contributed by atoms with van der Waals surface area (Å²) >= 11 is 0. The number of aromatic amines is 1. The Labute approximate surface area is 186 Å². The van der Waals surface area contributed by atoms with E-state index in [4.69, 9.17) is 9.47 Å². The van der Waals surface area contributed by atoms with Crippen LogP contribution in [0.25, 0.3) is 10.9 Å². The van der Waals surface area contributed by atoms with E-state index in [1.54, 1.807) is 12.1 Å².